The molecule has 2 aromatic carbocycles. The number of aromatic amines is 1. The van der Waals surface area contributed by atoms with Gasteiger partial charge in [-0.2, -0.15) is 10.1 Å². The molecule has 2 heterocycles. The summed E-state index contributed by atoms with van der Waals surface area (Å²) in [4.78, 5) is 31.5. The molecule has 4 aromatic rings. The number of hydrazone groups is 1. The first kappa shape index (κ1) is 21.6. The summed E-state index contributed by atoms with van der Waals surface area (Å²) in [7, 11) is 3.15. The van der Waals surface area contributed by atoms with Crippen molar-refractivity contribution >= 4 is 39.3 Å². The molecule has 2 aromatic heterocycles. The zero-order valence-corrected chi connectivity index (χ0v) is 19.1. The van der Waals surface area contributed by atoms with Gasteiger partial charge < -0.3 is 9.30 Å². The summed E-state index contributed by atoms with van der Waals surface area (Å²) in [6.45, 7) is 0.472. The summed E-state index contributed by atoms with van der Waals surface area (Å²) in [5.41, 5.74) is 4.36. The molecule has 0 fully saturated rings. The Labute approximate surface area is 191 Å². The first-order valence-corrected chi connectivity index (χ1v) is 10.6. The second-order valence-corrected chi connectivity index (χ2v) is 7.99. The van der Waals surface area contributed by atoms with Crippen LogP contribution in [0.15, 0.2) is 67.7 Å². The molecule has 0 radical (unpaired) electrons. The predicted molar refractivity (Wildman–Crippen MR) is 128 cm³/mol. The number of hydrogen-bond acceptors (Lipinski definition) is 6. The average molecular weight is 497 g/mol. The molecule has 32 heavy (non-hydrogen) atoms. The molecule has 0 saturated carbocycles. The number of aromatic nitrogens is 4. The van der Waals surface area contributed by atoms with Gasteiger partial charge in [0, 0.05) is 23.6 Å². The van der Waals surface area contributed by atoms with Gasteiger partial charge in [-0.25, -0.2) is 10.2 Å². The molecule has 9 nitrogen and oxygen atoms in total. The highest BCUT2D eigenvalue weighted by atomic mass is 79.9. The van der Waals surface area contributed by atoms with Crippen LogP contribution in [0.3, 0.4) is 0 Å². The number of halogens is 1. The van der Waals surface area contributed by atoms with Crippen molar-refractivity contribution in [1.82, 2.24) is 19.1 Å². The number of rotatable bonds is 7. The zero-order chi connectivity index (χ0) is 22.7. The Kier molecular flexibility index (Phi) is 6.22. The van der Waals surface area contributed by atoms with Gasteiger partial charge in [0.05, 0.1) is 13.3 Å². The Balaban J connectivity index is 1.72. The van der Waals surface area contributed by atoms with Crippen molar-refractivity contribution in [3.05, 3.63) is 85.0 Å². The van der Waals surface area contributed by atoms with Crippen molar-refractivity contribution in [3.63, 3.8) is 0 Å². The van der Waals surface area contributed by atoms with E-state index >= 15 is 0 Å². The number of hydrogen-bond donors (Lipinski definition) is 2. The van der Waals surface area contributed by atoms with Gasteiger partial charge in [-0.1, -0.05) is 46.3 Å². The smallest absolute Gasteiger partial charge is 0.329 e. The zero-order valence-electron chi connectivity index (χ0n) is 17.5. The molecule has 0 aliphatic carbocycles. The molecule has 0 bridgehead atoms. The van der Waals surface area contributed by atoms with E-state index in [9.17, 15) is 9.59 Å². The quantitative estimate of drug-likeness (QED) is 0.302. The SMILES string of the molecule is COc1ccc(Br)cc1C=NNc1nc2c(c(=O)[nH]c(=O)n2C)n1CCc1ccccc1. The van der Waals surface area contributed by atoms with E-state index < -0.39 is 11.2 Å². The van der Waals surface area contributed by atoms with Gasteiger partial charge in [0.2, 0.25) is 5.95 Å². The molecule has 164 valence electrons. The number of aryl methyl sites for hydroxylation is 3. The van der Waals surface area contributed by atoms with E-state index in [0.717, 1.165) is 15.6 Å². The summed E-state index contributed by atoms with van der Waals surface area (Å²) >= 11 is 3.44. The number of nitrogens with one attached hydrogen (secondary N) is 2. The van der Waals surface area contributed by atoms with Crippen molar-refractivity contribution in [2.45, 2.75) is 13.0 Å². The van der Waals surface area contributed by atoms with E-state index in [2.05, 4.69) is 36.4 Å². The summed E-state index contributed by atoms with van der Waals surface area (Å²) in [6, 6.07) is 15.5. The van der Waals surface area contributed by atoms with Crippen LogP contribution in [0.4, 0.5) is 5.95 Å². The first-order valence-electron chi connectivity index (χ1n) is 9.84. The highest BCUT2D eigenvalue weighted by molar-refractivity contribution is 9.10. The molecule has 0 unspecified atom stereocenters. The third kappa shape index (κ3) is 4.35. The minimum Gasteiger partial charge on any atom is -0.496 e. The Hall–Kier alpha value is -3.66. The molecule has 0 aliphatic heterocycles. The van der Waals surface area contributed by atoms with Crippen LogP contribution in [0, 0.1) is 0 Å². The fourth-order valence-electron chi connectivity index (χ4n) is 3.39. The Bertz CT molecular complexity index is 1410. The van der Waals surface area contributed by atoms with Gasteiger partial charge in [-0.05, 0) is 30.2 Å². The topological polar surface area (TPSA) is 106 Å². The number of anilines is 1. The van der Waals surface area contributed by atoms with E-state index in [1.165, 1.54) is 4.57 Å². The van der Waals surface area contributed by atoms with Crippen LogP contribution >= 0.6 is 15.9 Å². The van der Waals surface area contributed by atoms with E-state index in [1.54, 1.807) is 24.9 Å². The summed E-state index contributed by atoms with van der Waals surface area (Å²) in [5, 5.41) is 4.30. The van der Waals surface area contributed by atoms with Gasteiger partial charge in [0.25, 0.3) is 5.56 Å². The third-order valence-corrected chi connectivity index (χ3v) is 5.53. The Morgan fingerprint density at radius 3 is 2.75 bits per heavy atom. The lowest BCUT2D eigenvalue weighted by atomic mass is 10.1. The third-order valence-electron chi connectivity index (χ3n) is 5.03. The van der Waals surface area contributed by atoms with Crippen molar-refractivity contribution in [3.8, 4) is 5.75 Å². The second-order valence-electron chi connectivity index (χ2n) is 7.07. The average Bonchev–Trinajstić information content (AvgIpc) is 3.16. The van der Waals surface area contributed by atoms with Crippen LogP contribution in [0.5, 0.6) is 5.75 Å². The normalized spacial score (nSPS) is 11.3. The van der Waals surface area contributed by atoms with Gasteiger partial charge >= 0.3 is 5.69 Å². The largest absolute Gasteiger partial charge is 0.496 e. The number of imidazole rings is 1. The summed E-state index contributed by atoms with van der Waals surface area (Å²) < 4.78 is 9.29. The minimum atomic E-state index is -0.524. The molecule has 0 saturated heterocycles. The maximum atomic E-state index is 12.6. The number of ether oxygens (including phenoxy) is 1. The molecular weight excluding hydrogens is 476 g/mol. The lowest BCUT2D eigenvalue weighted by molar-refractivity contribution is 0.414. The van der Waals surface area contributed by atoms with Crippen LogP contribution in [0.1, 0.15) is 11.1 Å². The summed E-state index contributed by atoms with van der Waals surface area (Å²) in [6.07, 6.45) is 2.28. The highest BCUT2D eigenvalue weighted by Crippen LogP contribution is 2.22. The van der Waals surface area contributed by atoms with Crippen molar-refractivity contribution in [1.29, 1.82) is 0 Å². The molecule has 10 heteroatoms. The summed E-state index contributed by atoms with van der Waals surface area (Å²) in [5.74, 6) is 1.02. The fourth-order valence-corrected chi connectivity index (χ4v) is 3.77. The lowest BCUT2D eigenvalue weighted by Gasteiger charge is -2.08. The van der Waals surface area contributed by atoms with Crippen LogP contribution in [-0.2, 0) is 20.0 Å². The molecular formula is C22H21BrN6O3. The van der Waals surface area contributed by atoms with Crippen LogP contribution < -0.4 is 21.4 Å². The van der Waals surface area contributed by atoms with Crippen LogP contribution in [0.2, 0.25) is 0 Å². The van der Waals surface area contributed by atoms with E-state index in [4.69, 9.17) is 4.74 Å². The van der Waals surface area contributed by atoms with E-state index in [1.807, 2.05) is 48.5 Å². The molecule has 0 spiro atoms. The maximum Gasteiger partial charge on any atom is 0.329 e. The van der Waals surface area contributed by atoms with Gasteiger partial charge in [-0.15, -0.1) is 0 Å². The Morgan fingerprint density at radius 1 is 1.22 bits per heavy atom. The minimum absolute atomic E-state index is 0.282. The first-order chi connectivity index (χ1) is 15.5. The monoisotopic (exact) mass is 496 g/mol. The second kappa shape index (κ2) is 9.23. The van der Waals surface area contributed by atoms with Crippen LogP contribution in [0.25, 0.3) is 11.2 Å². The Morgan fingerprint density at radius 2 is 2.00 bits per heavy atom. The van der Waals surface area contributed by atoms with Crippen molar-refractivity contribution in [2.24, 2.45) is 12.1 Å². The molecule has 0 amide bonds. The predicted octanol–water partition coefficient (Wildman–Crippen LogP) is 2.88. The number of fused-ring (bicyclic) bond motifs is 1. The van der Waals surface area contributed by atoms with E-state index in [0.29, 0.717) is 30.2 Å². The molecule has 2 N–H and O–H groups in total. The molecule has 0 atom stereocenters. The van der Waals surface area contributed by atoms with Gasteiger partial charge in [0.15, 0.2) is 11.2 Å². The van der Waals surface area contributed by atoms with Gasteiger partial charge in [0.1, 0.15) is 5.75 Å². The maximum absolute atomic E-state index is 12.6. The number of methoxy groups -OCH3 is 1. The number of benzene rings is 2. The van der Waals surface area contributed by atoms with Crippen molar-refractivity contribution in [2.75, 3.05) is 12.5 Å². The van der Waals surface area contributed by atoms with Crippen LogP contribution in [-0.4, -0.2) is 32.4 Å². The molecule has 4 rings (SSSR count). The van der Waals surface area contributed by atoms with E-state index in [-0.39, 0.29) is 5.65 Å². The standard InChI is InChI=1S/C22H21BrN6O3/c1-28-19-18(20(30)26-22(28)31)29(11-10-14-6-4-3-5-7-14)21(25-19)27-24-13-15-12-16(23)8-9-17(15)32-2/h3-9,12-13H,10-11H2,1-2H3,(H,25,27)(H,26,30,31). The lowest BCUT2D eigenvalue weighted by Crippen LogP contribution is -2.29. The van der Waals surface area contributed by atoms with Gasteiger partial charge in [-0.3, -0.25) is 14.3 Å². The molecule has 0 aliphatic rings. The number of H-pyrrole nitrogens is 1. The highest BCUT2D eigenvalue weighted by Gasteiger charge is 2.17. The number of nitrogens with zero attached hydrogens (tertiary/aromatic N) is 4. The van der Waals surface area contributed by atoms with Crippen molar-refractivity contribution < 1.29 is 4.74 Å². The fraction of sp³-hybridized carbons (Fsp3) is 0.182.